The van der Waals surface area contributed by atoms with Crippen LogP contribution in [0.4, 0.5) is 5.95 Å². The van der Waals surface area contributed by atoms with E-state index in [1.54, 1.807) is 19.4 Å². The molecule has 0 radical (unpaired) electrons. The van der Waals surface area contributed by atoms with Crippen molar-refractivity contribution in [3.05, 3.63) is 12.3 Å². The molecule has 0 aromatic carbocycles. The molecule has 19 heavy (non-hydrogen) atoms. The number of anilines is 1. The standard InChI is InChI=1S/C13H23N5O/c1-3-11(10-14)17-6-8-18(9-7-17)13-15-5-4-12(16-13)19-2/h4-5,11H,3,6-10,14H2,1-2H3. The van der Waals surface area contributed by atoms with Crippen LogP contribution in [-0.4, -0.2) is 60.7 Å². The van der Waals surface area contributed by atoms with E-state index in [9.17, 15) is 0 Å². The first-order valence-corrected chi connectivity index (χ1v) is 6.84. The second-order valence-electron chi connectivity index (χ2n) is 4.72. The molecule has 1 aromatic heterocycles. The fourth-order valence-corrected chi connectivity index (χ4v) is 2.46. The second kappa shape index (κ2) is 6.68. The Kier molecular flexibility index (Phi) is 4.93. The van der Waals surface area contributed by atoms with E-state index < -0.39 is 0 Å². The Balaban J connectivity index is 1.95. The van der Waals surface area contributed by atoms with Gasteiger partial charge in [-0.15, -0.1) is 0 Å². The summed E-state index contributed by atoms with van der Waals surface area (Å²) in [5, 5.41) is 0. The first kappa shape index (κ1) is 14.0. The number of methoxy groups -OCH3 is 1. The van der Waals surface area contributed by atoms with Gasteiger partial charge < -0.3 is 15.4 Å². The minimum absolute atomic E-state index is 0.494. The maximum absolute atomic E-state index is 5.80. The van der Waals surface area contributed by atoms with E-state index in [-0.39, 0.29) is 0 Å². The van der Waals surface area contributed by atoms with Gasteiger partial charge in [-0.3, -0.25) is 4.90 Å². The van der Waals surface area contributed by atoms with E-state index in [1.807, 2.05) is 0 Å². The summed E-state index contributed by atoms with van der Waals surface area (Å²) in [5.74, 6) is 1.36. The van der Waals surface area contributed by atoms with Crippen molar-refractivity contribution in [3.63, 3.8) is 0 Å². The van der Waals surface area contributed by atoms with Crippen molar-refractivity contribution in [2.75, 3.05) is 44.7 Å². The van der Waals surface area contributed by atoms with E-state index >= 15 is 0 Å². The molecule has 106 valence electrons. The molecule has 0 saturated carbocycles. The summed E-state index contributed by atoms with van der Waals surface area (Å²) in [6, 6.07) is 2.26. The summed E-state index contributed by atoms with van der Waals surface area (Å²) >= 11 is 0. The molecule has 1 aliphatic heterocycles. The summed E-state index contributed by atoms with van der Waals surface area (Å²) < 4.78 is 5.14. The predicted molar refractivity (Wildman–Crippen MR) is 75.5 cm³/mol. The van der Waals surface area contributed by atoms with Crippen molar-refractivity contribution in [1.82, 2.24) is 14.9 Å². The molecular formula is C13H23N5O. The molecular weight excluding hydrogens is 242 g/mol. The molecule has 0 spiro atoms. The minimum Gasteiger partial charge on any atom is -0.481 e. The van der Waals surface area contributed by atoms with Gasteiger partial charge in [0.25, 0.3) is 0 Å². The molecule has 1 atom stereocenters. The van der Waals surface area contributed by atoms with Gasteiger partial charge in [0, 0.05) is 51.0 Å². The lowest BCUT2D eigenvalue weighted by molar-refractivity contribution is 0.184. The van der Waals surface area contributed by atoms with E-state index in [0.717, 1.165) is 45.1 Å². The van der Waals surface area contributed by atoms with E-state index in [0.29, 0.717) is 11.9 Å². The number of piperazine rings is 1. The third kappa shape index (κ3) is 3.33. The molecule has 1 unspecified atom stereocenters. The normalized spacial score (nSPS) is 18.4. The molecule has 2 heterocycles. The first-order chi connectivity index (χ1) is 9.28. The Morgan fingerprint density at radius 2 is 2.11 bits per heavy atom. The third-order valence-electron chi connectivity index (χ3n) is 3.68. The zero-order valence-corrected chi connectivity index (χ0v) is 11.7. The maximum atomic E-state index is 5.80. The van der Waals surface area contributed by atoms with Gasteiger partial charge in [-0.05, 0) is 6.42 Å². The predicted octanol–water partition coefficient (Wildman–Crippen LogP) is 0.345. The molecule has 0 aliphatic carbocycles. The molecule has 2 rings (SSSR count). The van der Waals surface area contributed by atoms with Gasteiger partial charge in [0.15, 0.2) is 0 Å². The molecule has 6 nitrogen and oxygen atoms in total. The van der Waals surface area contributed by atoms with Crippen molar-refractivity contribution < 1.29 is 4.74 Å². The Morgan fingerprint density at radius 3 is 2.68 bits per heavy atom. The van der Waals surface area contributed by atoms with Crippen molar-refractivity contribution in [1.29, 1.82) is 0 Å². The lowest BCUT2D eigenvalue weighted by Crippen LogP contribution is -2.52. The van der Waals surface area contributed by atoms with E-state index in [4.69, 9.17) is 10.5 Å². The van der Waals surface area contributed by atoms with Crippen LogP contribution in [0.5, 0.6) is 5.88 Å². The number of nitrogens with zero attached hydrogens (tertiary/aromatic N) is 4. The summed E-state index contributed by atoms with van der Waals surface area (Å²) in [4.78, 5) is 13.3. The fourth-order valence-electron chi connectivity index (χ4n) is 2.46. The molecule has 1 aromatic rings. The Morgan fingerprint density at radius 1 is 1.37 bits per heavy atom. The zero-order valence-electron chi connectivity index (χ0n) is 11.7. The number of nitrogens with two attached hydrogens (primary N) is 1. The topological polar surface area (TPSA) is 67.5 Å². The zero-order chi connectivity index (χ0) is 13.7. The van der Waals surface area contributed by atoms with Crippen molar-refractivity contribution >= 4 is 5.95 Å². The highest BCUT2D eigenvalue weighted by Crippen LogP contribution is 2.15. The van der Waals surface area contributed by atoms with Crippen molar-refractivity contribution in [2.24, 2.45) is 5.73 Å². The van der Waals surface area contributed by atoms with E-state index in [1.165, 1.54) is 0 Å². The average Bonchev–Trinajstić information content (AvgIpc) is 2.49. The minimum atomic E-state index is 0.494. The monoisotopic (exact) mass is 265 g/mol. The number of aromatic nitrogens is 2. The van der Waals surface area contributed by atoms with Crippen LogP contribution in [0.2, 0.25) is 0 Å². The number of hydrogen-bond acceptors (Lipinski definition) is 6. The lowest BCUT2D eigenvalue weighted by Gasteiger charge is -2.38. The fraction of sp³-hybridized carbons (Fsp3) is 0.692. The molecule has 2 N–H and O–H groups in total. The molecule has 0 bridgehead atoms. The van der Waals surface area contributed by atoms with Crippen LogP contribution in [0, 0.1) is 0 Å². The Bertz CT molecular complexity index is 388. The van der Waals surface area contributed by atoms with Gasteiger partial charge in [0.2, 0.25) is 11.8 Å². The maximum Gasteiger partial charge on any atom is 0.228 e. The summed E-state index contributed by atoms with van der Waals surface area (Å²) in [5.41, 5.74) is 5.80. The highest BCUT2D eigenvalue weighted by atomic mass is 16.5. The van der Waals surface area contributed by atoms with Crippen LogP contribution in [0.3, 0.4) is 0 Å². The highest BCUT2D eigenvalue weighted by molar-refractivity contribution is 5.32. The van der Waals surface area contributed by atoms with Gasteiger partial charge in [-0.2, -0.15) is 4.98 Å². The SMILES string of the molecule is CCC(CN)N1CCN(c2nccc(OC)n2)CC1. The average molecular weight is 265 g/mol. The van der Waals surface area contributed by atoms with Gasteiger partial charge in [-0.25, -0.2) is 4.98 Å². The van der Waals surface area contributed by atoms with E-state index in [2.05, 4.69) is 26.7 Å². The molecule has 0 amide bonds. The van der Waals surface area contributed by atoms with Crippen molar-refractivity contribution in [2.45, 2.75) is 19.4 Å². The largest absolute Gasteiger partial charge is 0.481 e. The van der Waals surface area contributed by atoms with Crippen LogP contribution in [0.15, 0.2) is 12.3 Å². The number of ether oxygens (including phenoxy) is 1. The van der Waals surface area contributed by atoms with Crippen LogP contribution >= 0.6 is 0 Å². The van der Waals surface area contributed by atoms with Gasteiger partial charge in [-0.1, -0.05) is 6.92 Å². The highest BCUT2D eigenvalue weighted by Gasteiger charge is 2.23. The summed E-state index contributed by atoms with van der Waals surface area (Å²) in [6.07, 6.45) is 2.84. The smallest absolute Gasteiger partial charge is 0.228 e. The molecule has 1 aliphatic rings. The quantitative estimate of drug-likeness (QED) is 0.828. The second-order valence-corrected chi connectivity index (χ2v) is 4.72. The first-order valence-electron chi connectivity index (χ1n) is 6.84. The van der Waals surface area contributed by atoms with Crippen molar-refractivity contribution in [3.8, 4) is 5.88 Å². The van der Waals surface area contributed by atoms with Crippen LogP contribution in [-0.2, 0) is 0 Å². The Labute approximate surface area is 114 Å². The van der Waals surface area contributed by atoms with Crippen LogP contribution in [0.25, 0.3) is 0 Å². The lowest BCUT2D eigenvalue weighted by atomic mass is 10.1. The van der Waals surface area contributed by atoms with Gasteiger partial charge in [0.1, 0.15) is 0 Å². The summed E-state index contributed by atoms with van der Waals surface area (Å²) in [6.45, 7) is 6.81. The summed E-state index contributed by atoms with van der Waals surface area (Å²) in [7, 11) is 1.62. The van der Waals surface area contributed by atoms with Crippen LogP contribution < -0.4 is 15.4 Å². The van der Waals surface area contributed by atoms with Gasteiger partial charge in [0.05, 0.1) is 7.11 Å². The number of rotatable bonds is 5. The molecule has 1 fully saturated rings. The Hall–Kier alpha value is -1.40. The van der Waals surface area contributed by atoms with Gasteiger partial charge >= 0.3 is 0 Å². The molecule has 6 heteroatoms. The molecule has 1 saturated heterocycles. The van der Waals surface area contributed by atoms with Crippen LogP contribution in [0.1, 0.15) is 13.3 Å². The number of hydrogen-bond donors (Lipinski definition) is 1. The third-order valence-corrected chi connectivity index (χ3v) is 3.68.